The Labute approximate surface area is 235 Å². The lowest BCUT2D eigenvalue weighted by molar-refractivity contribution is -0.0942. The van der Waals surface area contributed by atoms with E-state index in [4.69, 9.17) is 0 Å². The molecule has 2 aromatic carbocycles. The zero-order valence-corrected chi connectivity index (χ0v) is 23.4. The summed E-state index contributed by atoms with van der Waals surface area (Å²) < 4.78 is 0. The first kappa shape index (κ1) is 24.9. The normalized spacial score (nSPS) is 41.7. The predicted molar refractivity (Wildman–Crippen MR) is 162 cm³/mol. The number of hydrogen-bond acceptors (Lipinski definition) is 5. The van der Waals surface area contributed by atoms with Gasteiger partial charge in [-0.25, -0.2) is 0 Å². The monoisotopic (exact) mass is 523 g/mol. The molecule has 0 radical (unpaired) electrons. The third kappa shape index (κ3) is 3.74. The van der Waals surface area contributed by atoms with Crippen LogP contribution in [0.2, 0.25) is 11.6 Å². The van der Waals surface area contributed by atoms with Gasteiger partial charge in [0.1, 0.15) is 0 Å². The summed E-state index contributed by atoms with van der Waals surface area (Å²) >= 11 is 0. The van der Waals surface area contributed by atoms with Gasteiger partial charge in [0.2, 0.25) is 0 Å². The Morgan fingerprint density at radius 2 is 1.18 bits per heavy atom. The predicted octanol–water partition coefficient (Wildman–Crippen LogP) is 3.11. The van der Waals surface area contributed by atoms with E-state index in [1.807, 2.05) is 0 Å². The second-order valence-electron chi connectivity index (χ2n) is 13.5. The van der Waals surface area contributed by atoms with Gasteiger partial charge in [0.15, 0.2) is 6.71 Å². The smallest absolute Gasteiger partial charge is 0.182 e. The first-order chi connectivity index (χ1) is 19.4. The molecule has 6 fully saturated rings. The molecule has 8 rings (SSSR count). The van der Waals surface area contributed by atoms with Crippen LogP contribution in [0, 0.1) is 17.3 Å². The molecule has 6 heteroatoms. The molecular formula is C33H46BN5. The van der Waals surface area contributed by atoms with Crippen LogP contribution in [0.4, 0.5) is 5.69 Å². The summed E-state index contributed by atoms with van der Waals surface area (Å²) in [5.74, 6) is 2.88. The van der Waals surface area contributed by atoms with Crippen molar-refractivity contribution in [1.29, 1.82) is 0 Å². The fourth-order valence-electron chi connectivity index (χ4n) is 11.2. The molecule has 0 amide bonds. The van der Waals surface area contributed by atoms with Crippen molar-refractivity contribution in [3.05, 3.63) is 60.7 Å². The maximum Gasteiger partial charge on any atom is 0.182 e. The van der Waals surface area contributed by atoms with Gasteiger partial charge >= 0.3 is 0 Å². The highest BCUT2D eigenvalue weighted by Gasteiger charge is 2.70. The van der Waals surface area contributed by atoms with E-state index in [9.17, 15) is 0 Å². The van der Waals surface area contributed by atoms with Crippen LogP contribution < -0.4 is 31.6 Å². The third-order valence-electron chi connectivity index (χ3n) is 12.2. The molecular weight excluding hydrogens is 477 g/mol. The average Bonchev–Trinajstić information content (AvgIpc) is 3.02. The molecule has 5 nitrogen and oxygen atoms in total. The van der Waals surface area contributed by atoms with Crippen LogP contribution in [0.3, 0.4) is 0 Å². The van der Waals surface area contributed by atoms with Crippen LogP contribution in [-0.4, -0.2) is 70.1 Å². The lowest BCUT2D eigenvalue weighted by Gasteiger charge is -2.73. The summed E-state index contributed by atoms with van der Waals surface area (Å²) in [6, 6.07) is 25.4. The summed E-state index contributed by atoms with van der Waals surface area (Å²) in [6.07, 6.45) is 7.84. The Bertz CT molecular complexity index is 988. The number of nitrogens with zero attached hydrogens (tertiary/aromatic N) is 1. The van der Waals surface area contributed by atoms with E-state index in [0.717, 1.165) is 11.6 Å². The quantitative estimate of drug-likeness (QED) is 0.456. The fourth-order valence-corrected chi connectivity index (χ4v) is 11.2. The van der Waals surface area contributed by atoms with Gasteiger partial charge in [-0.15, -0.1) is 0 Å². The van der Waals surface area contributed by atoms with E-state index < -0.39 is 0 Å². The summed E-state index contributed by atoms with van der Waals surface area (Å²) in [5, 5.41) is 16.5. The Balaban J connectivity index is 1.32. The van der Waals surface area contributed by atoms with Crippen molar-refractivity contribution in [2.75, 3.05) is 44.2 Å². The molecule has 39 heavy (non-hydrogen) atoms. The lowest BCUT2D eigenvalue weighted by Crippen LogP contribution is -2.84. The first-order valence-electron chi connectivity index (χ1n) is 16.2. The van der Waals surface area contributed by atoms with E-state index in [0.29, 0.717) is 42.7 Å². The summed E-state index contributed by atoms with van der Waals surface area (Å²) in [7, 11) is 0. The van der Waals surface area contributed by atoms with E-state index in [1.165, 1.54) is 83.5 Å². The Kier molecular flexibility index (Phi) is 6.52. The zero-order chi connectivity index (χ0) is 25.8. The number of fused-ring (bicyclic) bond motifs is 8. The zero-order valence-electron chi connectivity index (χ0n) is 23.4. The standard InChI is InChI=1S/C33H46BN5/c1-3-9-23(10-4-1)34-27-15-19-35-21-25(27)33(26-22-36-20-16-28(26)34)31-29(13-7-17-37-31)39(24-11-5-2-6-12-24)30-14-8-18-38-32(30)33/h1-6,9-12,25-32,35-38H,7-8,13-22H2. The fraction of sp³-hybridized carbons (Fsp3) is 0.636. The highest BCUT2D eigenvalue weighted by Crippen LogP contribution is 2.65. The highest BCUT2D eigenvalue weighted by molar-refractivity contribution is 6.76. The number of hydrogen-bond donors (Lipinski definition) is 4. The molecule has 0 saturated carbocycles. The molecule has 0 bridgehead atoms. The van der Waals surface area contributed by atoms with Crippen molar-refractivity contribution in [1.82, 2.24) is 21.3 Å². The molecule has 0 aromatic heterocycles. The van der Waals surface area contributed by atoms with Crippen LogP contribution in [0.1, 0.15) is 38.5 Å². The molecule has 6 saturated heterocycles. The van der Waals surface area contributed by atoms with Crippen molar-refractivity contribution in [3.63, 3.8) is 0 Å². The molecule has 4 N–H and O–H groups in total. The SMILES string of the molecule is c1ccc(B2C3CCNCC3C3(C4CNCCC24)C2NCCCC2N(c2ccccc2)C2CCCNC23)cc1. The Morgan fingerprint density at radius 1 is 0.641 bits per heavy atom. The van der Waals surface area contributed by atoms with E-state index in [1.54, 1.807) is 5.46 Å². The summed E-state index contributed by atoms with van der Waals surface area (Å²) in [5.41, 5.74) is 3.31. The van der Waals surface area contributed by atoms with Gasteiger partial charge in [-0.2, -0.15) is 0 Å². The second kappa shape index (κ2) is 10.2. The highest BCUT2D eigenvalue weighted by atomic mass is 15.3. The Morgan fingerprint density at radius 3 is 1.74 bits per heavy atom. The molecule has 6 aliphatic rings. The number of anilines is 1. The van der Waals surface area contributed by atoms with Gasteiger partial charge in [0.05, 0.1) is 0 Å². The van der Waals surface area contributed by atoms with Crippen LogP contribution in [-0.2, 0) is 0 Å². The van der Waals surface area contributed by atoms with Crippen molar-refractivity contribution >= 4 is 17.9 Å². The summed E-state index contributed by atoms with van der Waals surface area (Å²) in [6.45, 7) is 7.73. The van der Waals surface area contributed by atoms with Crippen LogP contribution in [0.15, 0.2) is 60.7 Å². The molecule has 0 aliphatic carbocycles. The van der Waals surface area contributed by atoms with E-state index in [2.05, 4.69) is 86.8 Å². The molecule has 6 aliphatic heterocycles. The van der Waals surface area contributed by atoms with Crippen molar-refractivity contribution < 1.29 is 0 Å². The number of para-hydroxylation sites is 1. The van der Waals surface area contributed by atoms with Gasteiger partial charge in [-0.1, -0.05) is 65.6 Å². The Hall–Kier alpha value is -1.86. The van der Waals surface area contributed by atoms with Crippen LogP contribution in [0.25, 0.3) is 0 Å². The maximum atomic E-state index is 4.30. The van der Waals surface area contributed by atoms with E-state index >= 15 is 0 Å². The third-order valence-corrected chi connectivity index (χ3v) is 12.2. The van der Waals surface area contributed by atoms with Gasteiger partial charge in [-0.05, 0) is 102 Å². The first-order valence-corrected chi connectivity index (χ1v) is 16.2. The number of rotatable bonds is 2. The van der Waals surface area contributed by atoms with Gasteiger partial charge in [-0.3, -0.25) is 0 Å². The minimum atomic E-state index is 0.253. The number of benzene rings is 2. The van der Waals surface area contributed by atoms with Gasteiger partial charge < -0.3 is 26.2 Å². The van der Waals surface area contributed by atoms with Gasteiger partial charge in [0.25, 0.3) is 0 Å². The molecule has 8 atom stereocenters. The number of nitrogens with one attached hydrogen (secondary N) is 4. The largest absolute Gasteiger partial charge is 0.362 e. The minimum Gasteiger partial charge on any atom is -0.362 e. The molecule has 2 aromatic rings. The molecule has 6 heterocycles. The van der Waals surface area contributed by atoms with Crippen molar-refractivity contribution in [2.24, 2.45) is 17.3 Å². The molecule has 206 valence electrons. The topological polar surface area (TPSA) is 51.4 Å². The second-order valence-corrected chi connectivity index (χ2v) is 13.5. The van der Waals surface area contributed by atoms with Crippen molar-refractivity contribution in [2.45, 2.75) is 74.3 Å². The molecule has 1 spiro atoms. The van der Waals surface area contributed by atoms with Gasteiger partial charge in [0, 0.05) is 35.3 Å². The minimum absolute atomic E-state index is 0.253. The molecule has 8 unspecified atom stereocenters. The van der Waals surface area contributed by atoms with E-state index in [-0.39, 0.29) is 5.41 Å². The summed E-state index contributed by atoms with van der Waals surface area (Å²) in [4.78, 5) is 2.92. The lowest BCUT2D eigenvalue weighted by atomic mass is 9.18. The van der Waals surface area contributed by atoms with Crippen LogP contribution in [0.5, 0.6) is 0 Å². The van der Waals surface area contributed by atoms with Crippen molar-refractivity contribution in [3.8, 4) is 0 Å². The number of piperidine rings is 5. The maximum absolute atomic E-state index is 4.30. The van der Waals surface area contributed by atoms with Crippen LogP contribution >= 0.6 is 0 Å². The average molecular weight is 524 g/mol.